The van der Waals surface area contributed by atoms with Gasteiger partial charge in [-0.1, -0.05) is 61.2 Å². The van der Waals surface area contributed by atoms with Crippen molar-refractivity contribution in [1.82, 2.24) is 0 Å². The summed E-state index contributed by atoms with van der Waals surface area (Å²) in [5.41, 5.74) is 0.438. The first-order chi connectivity index (χ1) is 13.3. The minimum atomic E-state index is -0.883. The summed E-state index contributed by atoms with van der Waals surface area (Å²) in [6, 6.07) is 0. The molecule has 0 heterocycles. The van der Waals surface area contributed by atoms with Gasteiger partial charge in [-0.2, -0.15) is 0 Å². The van der Waals surface area contributed by atoms with Gasteiger partial charge in [-0.3, -0.25) is 4.79 Å². The van der Waals surface area contributed by atoms with Crippen molar-refractivity contribution in [2.45, 2.75) is 71.3 Å². The van der Waals surface area contributed by atoms with Crippen LogP contribution in [0.25, 0.3) is 0 Å². The predicted molar refractivity (Wildman–Crippen MR) is 112 cm³/mol. The fourth-order valence-electron chi connectivity index (χ4n) is 2.17. The summed E-state index contributed by atoms with van der Waals surface area (Å²) < 4.78 is 15.3. The van der Waals surface area contributed by atoms with Gasteiger partial charge in [-0.05, 0) is 26.7 Å². The van der Waals surface area contributed by atoms with Gasteiger partial charge in [-0.25, -0.2) is 9.59 Å². The van der Waals surface area contributed by atoms with Crippen molar-refractivity contribution < 1.29 is 28.6 Å². The van der Waals surface area contributed by atoms with Crippen LogP contribution in [0.1, 0.15) is 65.2 Å². The van der Waals surface area contributed by atoms with E-state index in [1.54, 1.807) is 0 Å². The van der Waals surface area contributed by atoms with Gasteiger partial charge in [0.15, 0.2) is 6.10 Å². The number of hydrogen-bond donors (Lipinski definition) is 0. The second-order valence-corrected chi connectivity index (χ2v) is 7.58. The Morgan fingerprint density at radius 2 is 1.29 bits per heavy atom. The Morgan fingerprint density at radius 3 is 1.82 bits per heavy atom. The SMILES string of the molecule is C=C(C)C(=O)OCC(COC(=O)CCCCCCCCCBr)OC(=O)C(=C)C. The van der Waals surface area contributed by atoms with Crippen LogP contribution in [-0.4, -0.2) is 42.6 Å². The summed E-state index contributed by atoms with van der Waals surface area (Å²) in [5, 5.41) is 1.05. The van der Waals surface area contributed by atoms with E-state index in [2.05, 4.69) is 29.1 Å². The molecule has 7 heteroatoms. The maximum absolute atomic E-state index is 11.9. The average Bonchev–Trinajstić information content (AvgIpc) is 2.65. The van der Waals surface area contributed by atoms with Gasteiger partial charge in [0, 0.05) is 22.9 Å². The minimum Gasteiger partial charge on any atom is -0.462 e. The van der Waals surface area contributed by atoms with E-state index in [9.17, 15) is 14.4 Å². The molecule has 0 spiro atoms. The Kier molecular flexibility index (Phi) is 15.4. The standard InChI is InChI=1S/C21H33BrO6/c1-16(2)20(24)27-15-18(28-21(25)17(3)4)14-26-19(23)12-10-8-6-5-7-9-11-13-22/h18H,1,3,5-15H2,2,4H3. The zero-order valence-corrected chi connectivity index (χ0v) is 18.7. The van der Waals surface area contributed by atoms with Crippen LogP contribution in [0.5, 0.6) is 0 Å². The van der Waals surface area contributed by atoms with E-state index in [0.717, 1.165) is 24.6 Å². The van der Waals surface area contributed by atoms with Gasteiger partial charge in [-0.15, -0.1) is 0 Å². The van der Waals surface area contributed by atoms with Crippen LogP contribution < -0.4 is 0 Å². The molecule has 0 rings (SSSR count). The number of carbonyl (C=O) groups excluding carboxylic acids is 3. The molecule has 0 N–H and O–H groups in total. The van der Waals surface area contributed by atoms with E-state index < -0.39 is 18.0 Å². The maximum atomic E-state index is 11.9. The number of halogens is 1. The van der Waals surface area contributed by atoms with Gasteiger partial charge in [0.2, 0.25) is 0 Å². The number of esters is 3. The molecule has 0 aromatic carbocycles. The van der Waals surface area contributed by atoms with Gasteiger partial charge < -0.3 is 14.2 Å². The summed E-state index contributed by atoms with van der Waals surface area (Å²) in [7, 11) is 0. The molecule has 0 amide bonds. The molecule has 6 nitrogen and oxygen atoms in total. The number of carbonyl (C=O) groups is 3. The van der Waals surface area contributed by atoms with Gasteiger partial charge in [0.1, 0.15) is 13.2 Å². The maximum Gasteiger partial charge on any atom is 0.333 e. The smallest absolute Gasteiger partial charge is 0.333 e. The molecular weight excluding hydrogens is 428 g/mol. The summed E-state index contributed by atoms with van der Waals surface area (Å²) in [4.78, 5) is 35.1. The molecule has 1 atom stereocenters. The molecular formula is C21H33BrO6. The third kappa shape index (κ3) is 14.4. The molecule has 0 bridgehead atoms. The van der Waals surface area contributed by atoms with E-state index in [1.165, 1.54) is 39.5 Å². The van der Waals surface area contributed by atoms with Gasteiger partial charge in [0.25, 0.3) is 0 Å². The Balaban J connectivity index is 4.16. The first-order valence-corrected chi connectivity index (χ1v) is 10.8. The monoisotopic (exact) mass is 460 g/mol. The molecule has 0 saturated heterocycles. The largest absolute Gasteiger partial charge is 0.462 e. The third-order valence-corrected chi connectivity index (χ3v) is 4.38. The van der Waals surface area contributed by atoms with Crippen LogP contribution in [0.4, 0.5) is 0 Å². The van der Waals surface area contributed by atoms with Crippen LogP contribution in [-0.2, 0) is 28.6 Å². The lowest BCUT2D eigenvalue weighted by molar-refractivity contribution is -0.163. The highest BCUT2D eigenvalue weighted by Crippen LogP contribution is 2.10. The summed E-state index contributed by atoms with van der Waals surface area (Å²) in [5.74, 6) is -1.59. The Bertz CT molecular complexity index is 529. The van der Waals surface area contributed by atoms with E-state index in [4.69, 9.17) is 14.2 Å². The van der Waals surface area contributed by atoms with Crippen LogP contribution in [0, 0.1) is 0 Å². The molecule has 0 aromatic heterocycles. The molecule has 0 fully saturated rings. The second kappa shape index (κ2) is 16.3. The number of alkyl halides is 1. The normalized spacial score (nSPS) is 11.4. The summed E-state index contributed by atoms with van der Waals surface area (Å²) in [6.45, 7) is 9.61. The molecule has 0 aliphatic heterocycles. The van der Waals surface area contributed by atoms with Crippen molar-refractivity contribution in [3.63, 3.8) is 0 Å². The lowest BCUT2D eigenvalue weighted by atomic mass is 10.1. The van der Waals surface area contributed by atoms with Crippen molar-refractivity contribution >= 4 is 33.8 Å². The van der Waals surface area contributed by atoms with Gasteiger partial charge in [0.05, 0.1) is 0 Å². The number of unbranched alkanes of at least 4 members (excludes halogenated alkanes) is 6. The highest BCUT2D eigenvalue weighted by atomic mass is 79.9. The van der Waals surface area contributed by atoms with Crippen molar-refractivity contribution in [2.24, 2.45) is 0 Å². The van der Waals surface area contributed by atoms with Crippen molar-refractivity contribution in [1.29, 1.82) is 0 Å². The first-order valence-electron chi connectivity index (χ1n) is 9.68. The zero-order chi connectivity index (χ0) is 21.4. The predicted octanol–water partition coefficient (Wildman–Crippen LogP) is 4.65. The van der Waals surface area contributed by atoms with Crippen molar-refractivity contribution in [3.8, 4) is 0 Å². The molecule has 28 heavy (non-hydrogen) atoms. The van der Waals surface area contributed by atoms with E-state index in [-0.39, 0.29) is 30.3 Å². The zero-order valence-electron chi connectivity index (χ0n) is 17.1. The highest BCUT2D eigenvalue weighted by molar-refractivity contribution is 9.09. The topological polar surface area (TPSA) is 78.9 Å². The molecule has 0 aliphatic rings. The molecule has 0 radical (unpaired) electrons. The molecule has 0 aromatic rings. The van der Waals surface area contributed by atoms with E-state index in [1.807, 2.05) is 0 Å². The van der Waals surface area contributed by atoms with Crippen LogP contribution in [0.3, 0.4) is 0 Å². The number of ether oxygens (including phenoxy) is 3. The molecule has 0 saturated carbocycles. The fraction of sp³-hybridized carbons (Fsp3) is 0.667. The lowest BCUT2D eigenvalue weighted by Gasteiger charge is -2.18. The third-order valence-electron chi connectivity index (χ3n) is 3.82. The van der Waals surface area contributed by atoms with E-state index in [0.29, 0.717) is 6.42 Å². The molecule has 1 unspecified atom stereocenters. The quantitative estimate of drug-likeness (QED) is 0.109. The Hall–Kier alpha value is -1.63. The van der Waals surface area contributed by atoms with Crippen LogP contribution >= 0.6 is 15.9 Å². The van der Waals surface area contributed by atoms with Crippen molar-refractivity contribution in [3.05, 3.63) is 24.3 Å². The number of rotatable bonds is 16. The summed E-state index contributed by atoms with van der Waals surface area (Å²) in [6.07, 6.45) is 7.10. The second-order valence-electron chi connectivity index (χ2n) is 6.78. The summed E-state index contributed by atoms with van der Waals surface area (Å²) >= 11 is 3.42. The highest BCUT2D eigenvalue weighted by Gasteiger charge is 2.20. The van der Waals surface area contributed by atoms with Crippen LogP contribution in [0.15, 0.2) is 24.3 Å². The lowest BCUT2D eigenvalue weighted by Crippen LogP contribution is -2.31. The van der Waals surface area contributed by atoms with E-state index >= 15 is 0 Å². The average molecular weight is 461 g/mol. The van der Waals surface area contributed by atoms with Gasteiger partial charge >= 0.3 is 17.9 Å². The Labute approximate surface area is 176 Å². The fourth-order valence-corrected chi connectivity index (χ4v) is 2.56. The minimum absolute atomic E-state index is 0.173. The van der Waals surface area contributed by atoms with Crippen molar-refractivity contribution in [2.75, 3.05) is 18.5 Å². The number of hydrogen-bond acceptors (Lipinski definition) is 6. The Morgan fingerprint density at radius 1 is 0.786 bits per heavy atom. The molecule has 160 valence electrons. The first kappa shape index (κ1) is 26.4. The molecule has 0 aliphatic carbocycles. The van der Waals surface area contributed by atoms with Crippen LogP contribution in [0.2, 0.25) is 0 Å².